The van der Waals surface area contributed by atoms with E-state index in [1.54, 1.807) is 21.3 Å². The zero-order chi connectivity index (χ0) is 24.9. The molecule has 0 aliphatic heterocycles. The average molecular weight is 477 g/mol. The molecule has 0 unspecified atom stereocenters. The second-order valence-corrected chi connectivity index (χ2v) is 8.39. The van der Waals surface area contributed by atoms with Crippen LogP contribution in [0.15, 0.2) is 60.8 Å². The Hall–Kier alpha value is -4.21. The number of fused-ring (bicyclic) bond motifs is 1. The number of benzene rings is 2. The molecule has 0 spiro atoms. The lowest BCUT2D eigenvalue weighted by Gasteiger charge is -2.08. The predicted molar refractivity (Wildman–Crippen MR) is 125 cm³/mol. The van der Waals surface area contributed by atoms with Gasteiger partial charge in [-0.05, 0) is 12.5 Å². The van der Waals surface area contributed by atoms with Gasteiger partial charge in [-0.1, -0.05) is 54.6 Å². The highest BCUT2D eigenvalue weighted by Crippen LogP contribution is 2.30. The molecule has 1 N–H and O–H groups in total. The van der Waals surface area contributed by atoms with E-state index < -0.39 is 11.9 Å². The third-order valence-corrected chi connectivity index (χ3v) is 5.96. The topological polar surface area (TPSA) is 77.3 Å². The van der Waals surface area contributed by atoms with Gasteiger partial charge in [0.1, 0.15) is 11.3 Å². The van der Waals surface area contributed by atoms with Gasteiger partial charge in [-0.25, -0.2) is 15.0 Å². The number of nitrogens with zero attached hydrogens (tertiary/aromatic N) is 6. The lowest BCUT2D eigenvalue weighted by molar-refractivity contribution is -0.140. The Kier molecular flexibility index (Phi) is 5.31. The normalized spacial score (nSPS) is 11.9. The van der Waals surface area contributed by atoms with Gasteiger partial charge in [0, 0.05) is 31.4 Å². The number of imidazole rings is 2. The van der Waals surface area contributed by atoms with Crippen LogP contribution in [0.4, 0.5) is 13.2 Å². The maximum atomic E-state index is 13.0. The Morgan fingerprint density at radius 3 is 2.20 bits per heavy atom. The summed E-state index contributed by atoms with van der Waals surface area (Å²) in [5.41, 5.74) is 3.88. The van der Waals surface area contributed by atoms with Gasteiger partial charge in [-0.2, -0.15) is 13.2 Å². The molecule has 0 amide bonds. The van der Waals surface area contributed by atoms with Crippen molar-refractivity contribution in [1.29, 1.82) is 5.41 Å². The van der Waals surface area contributed by atoms with Crippen molar-refractivity contribution in [2.24, 2.45) is 14.1 Å². The molecule has 10 heteroatoms. The zero-order valence-electron chi connectivity index (χ0n) is 19.3. The highest BCUT2D eigenvalue weighted by Gasteiger charge is 2.34. The lowest BCUT2D eigenvalue weighted by atomic mass is 10.1. The quantitative estimate of drug-likeness (QED) is 0.408. The predicted octanol–water partition coefficient (Wildman–Crippen LogP) is 4.69. The summed E-state index contributed by atoms with van der Waals surface area (Å²) in [7, 11) is 3.35. The third kappa shape index (κ3) is 4.01. The molecule has 0 bridgehead atoms. The molecule has 3 heterocycles. The number of aryl methyl sites for hydroxylation is 3. The third-order valence-electron chi connectivity index (χ3n) is 5.96. The molecule has 0 aliphatic rings. The van der Waals surface area contributed by atoms with Crippen LogP contribution < -0.4 is 5.62 Å². The largest absolute Gasteiger partial charge is 0.434 e. The first-order valence-corrected chi connectivity index (χ1v) is 10.9. The molecule has 178 valence electrons. The second-order valence-electron chi connectivity index (χ2n) is 8.39. The molecule has 5 rings (SSSR count). The molecule has 2 aromatic carbocycles. The van der Waals surface area contributed by atoms with Crippen LogP contribution in [0, 0.1) is 12.3 Å². The Morgan fingerprint density at radius 1 is 0.886 bits per heavy atom. The summed E-state index contributed by atoms with van der Waals surface area (Å²) in [6.45, 7) is 2.27. The van der Waals surface area contributed by atoms with Crippen molar-refractivity contribution < 1.29 is 13.2 Å². The highest BCUT2D eigenvalue weighted by molar-refractivity contribution is 5.77. The van der Waals surface area contributed by atoms with E-state index in [9.17, 15) is 13.2 Å². The molecule has 0 aliphatic carbocycles. The van der Waals surface area contributed by atoms with Crippen LogP contribution in [-0.4, -0.2) is 28.7 Å². The molecule has 0 radical (unpaired) electrons. The van der Waals surface area contributed by atoms with Crippen molar-refractivity contribution >= 4 is 11.2 Å². The standard InChI is InChI=1S/C25H22F3N7/c1-15-20-23(32-21(30-15)17-7-5-4-6-8-17)35(24(29)34(20)3)13-16-9-11-18(12-10-16)22-31-19(14-33(22)2)25(26,27)28/h4-12,14,29H,13H2,1-3H3. The molecule has 0 saturated carbocycles. The smallest absolute Gasteiger partial charge is 0.333 e. The summed E-state index contributed by atoms with van der Waals surface area (Å²) in [6.07, 6.45) is -3.52. The van der Waals surface area contributed by atoms with Crippen LogP contribution in [0.25, 0.3) is 33.9 Å². The fourth-order valence-electron chi connectivity index (χ4n) is 4.20. The van der Waals surface area contributed by atoms with E-state index in [-0.39, 0.29) is 11.4 Å². The minimum Gasteiger partial charge on any atom is -0.333 e. The van der Waals surface area contributed by atoms with Gasteiger partial charge in [-0.15, -0.1) is 0 Å². The van der Waals surface area contributed by atoms with Gasteiger partial charge in [-0.3, -0.25) is 9.98 Å². The number of hydrogen-bond acceptors (Lipinski definition) is 4. The SMILES string of the molecule is Cc1nc(-c2ccccc2)nc2c1n(C)c(=N)n2Cc1ccc(-c2nc(C(F)(F)F)cn2C)cc1. The van der Waals surface area contributed by atoms with Crippen molar-refractivity contribution in [2.75, 3.05) is 0 Å². The summed E-state index contributed by atoms with van der Waals surface area (Å²) < 4.78 is 44.0. The van der Waals surface area contributed by atoms with Crippen LogP contribution in [0.2, 0.25) is 0 Å². The van der Waals surface area contributed by atoms with Gasteiger partial charge >= 0.3 is 6.18 Å². The summed E-state index contributed by atoms with van der Waals surface area (Å²) >= 11 is 0. The maximum absolute atomic E-state index is 13.0. The van der Waals surface area contributed by atoms with Gasteiger partial charge < -0.3 is 9.13 Å². The average Bonchev–Trinajstić information content (AvgIpc) is 3.34. The van der Waals surface area contributed by atoms with Crippen LogP contribution in [0.3, 0.4) is 0 Å². The highest BCUT2D eigenvalue weighted by atomic mass is 19.4. The summed E-state index contributed by atoms with van der Waals surface area (Å²) in [5, 5.41) is 8.65. The molecule has 0 atom stereocenters. The van der Waals surface area contributed by atoms with Crippen LogP contribution in [0.5, 0.6) is 0 Å². The number of aromatic nitrogens is 6. The molecular formula is C25H22F3N7. The number of rotatable bonds is 4. The van der Waals surface area contributed by atoms with E-state index >= 15 is 0 Å². The molecule has 0 fully saturated rings. The summed E-state index contributed by atoms with van der Waals surface area (Å²) in [6, 6.07) is 16.8. The molecule has 35 heavy (non-hydrogen) atoms. The fourth-order valence-corrected chi connectivity index (χ4v) is 4.20. The van der Waals surface area contributed by atoms with E-state index in [0.717, 1.165) is 28.5 Å². The van der Waals surface area contributed by atoms with Gasteiger partial charge in [0.05, 0.1) is 12.2 Å². The summed E-state index contributed by atoms with van der Waals surface area (Å²) in [5.74, 6) is 0.819. The van der Waals surface area contributed by atoms with Crippen molar-refractivity contribution in [3.63, 3.8) is 0 Å². The van der Waals surface area contributed by atoms with Gasteiger partial charge in [0.25, 0.3) is 0 Å². The van der Waals surface area contributed by atoms with E-state index in [4.69, 9.17) is 10.4 Å². The minimum absolute atomic E-state index is 0.235. The Balaban J connectivity index is 1.52. The van der Waals surface area contributed by atoms with Crippen LogP contribution >= 0.6 is 0 Å². The number of nitrogens with one attached hydrogen (secondary N) is 1. The van der Waals surface area contributed by atoms with Crippen molar-refractivity contribution in [1.82, 2.24) is 28.7 Å². The first-order chi connectivity index (χ1) is 16.6. The van der Waals surface area contributed by atoms with E-state index in [2.05, 4.69) is 9.97 Å². The summed E-state index contributed by atoms with van der Waals surface area (Å²) in [4.78, 5) is 13.2. The second kappa shape index (κ2) is 8.23. The molecule has 7 nitrogen and oxygen atoms in total. The monoisotopic (exact) mass is 477 g/mol. The van der Waals surface area contributed by atoms with Crippen LogP contribution in [0.1, 0.15) is 17.0 Å². The molecule has 0 saturated heterocycles. The molecule has 3 aromatic heterocycles. The molecule has 5 aromatic rings. The van der Waals surface area contributed by atoms with Gasteiger partial charge in [0.2, 0.25) is 5.62 Å². The Bertz CT molecular complexity index is 1590. The van der Waals surface area contributed by atoms with E-state index in [0.29, 0.717) is 23.6 Å². The Labute approximate surface area is 198 Å². The lowest BCUT2D eigenvalue weighted by Crippen LogP contribution is -2.23. The fraction of sp³-hybridized carbons (Fsp3) is 0.200. The first-order valence-electron chi connectivity index (χ1n) is 10.9. The van der Waals surface area contributed by atoms with Crippen molar-refractivity contribution in [3.05, 3.63) is 83.4 Å². The van der Waals surface area contributed by atoms with Gasteiger partial charge in [0.15, 0.2) is 17.2 Å². The van der Waals surface area contributed by atoms with E-state index in [1.807, 2.05) is 56.4 Å². The number of alkyl halides is 3. The van der Waals surface area contributed by atoms with E-state index in [1.165, 1.54) is 11.6 Å². The molecular weight excluding hydrogens is 455 g/mol. The number of hydrogen-bond donors (Lipinski definition) is 1. The number of halogens is 3. The first kappa shape index (κ1) is 22.6. The minimum atomic E-state index is -4.50. The van der Waals surface area contributed by atoms with Crippen molar-refractivity contribution in [3.8, 4) is 22.8 Å². The van der Waals surface area contributed by atoms with Crippen LogP contribution in [-0.2, 0) is 26.8 Å². The van der Waals surface area contributed by atoms with Crippen molar-refractivity contribution in [2.45, 2.75) is 19.6 Å². The Morgan fingerprint density at radius 2 is 1.57 bits per heavy atom. The zero-order valence-corrected chi connectivity index (χ0v) is 19.3. The maximum Gasteiger partial charge on any atom is 0.434 e.